The summed E-state index contributed by atoms with van der Waals surface area (Å²) in [5.74, 6) is 0.784. The van der Waals surface area contributed by atoms with E-state index < -0.39 is 0 Å². The molecule has 0 aromatic carbocycles. The van der Waals surface area contributed by atoms with Crippen LogP contribution in [-0.4, -0.2) is 49.1 Å². The standard InChI is InChI=1S/C18H24FN3O/c1-11-6-12(2-3-16(11)19)18-15(4-5-20-18)13-7-14-8-21-17(10-23)22(14)9-13/h2-3,7,10,12,14-15,17-18,20-21H,4-6,8-9H2,1H3/t12?,14?,15?,17-,18?/m0/s1. The van der Waals surface area contributed by atoms with Crippen molar-refractivity contribution in [3.8, 4) is 0 Å². The molecular formula is C18H24FN3O. The topological polar surface area (TPSA) is 44.4 Å². The molecule has 3 heterocycles. The summed E-state index contributed by atoms with van der Waals surface area (Å²) in [6, 6.07) is 0.727. The molecule has 0 saturated carbocycles. The second-order valence-electron chi connectivity index (χ2n) is 7.20. The molecule has 4 unspecified atom stereocenters. The fourth-order valence-electron chi connectivity index (χ4n) is 4.64. The highest BCUT2D eigenvalue weighted by molar-refractivity contribution is 5.58. The van der Waals surface area contributed by atoms with Crippen LogP contribution in [0.2, 0.25) is 0 Å². The summed E-state index contributed by atoms with van der Waals surface area (Å²) < 4.78 is 13.6. The lowest BCUT2D eigenvalue weighted by molar-refractivity contribution is -0.112. The minimum Gasteiger partial charge on any atom is -0.313 e. The van der Waals surface area contributed by atoms with E-state index >= 15 is 0 Å². The molecule has 0 bridgehead atoms. The van der Waals surface area contributed by atoms with Gasteiger partial charge in [-0.15, -0.1) is 0 Å². The molecule has 0 radical (unpaired) electrons. The Bertz CT molecular complexity index is 597. The summed E-state index contributed by atoms with van der Waals surface area (Å²) in [7, 11) is 0. The van der Waals surface area contributed by atoms with Crippen LogP contribution in [0.25, 0.3) is 0 Å². The van der Waals surface area contributed by atoms with Crippen molar-refractivity contribution in [1.82, 2.24) is 15.5 Å². The van der Waals surface area contributed by atoms with Gasteiger partial charge in [-0.3, -0.25) is 10.2 Å². The molecular weight excluding hydrogens is 293 g/mol. The fraction of sp³-hybridized carbons (Fsp3) is 0.611. The first-order chi connectivity index (χ1) is 11.2. The summed E-state index contributed by atoms with van der Waals surface area (Å²) in [5.41, 5.74) is 2.32. The maximum absolute atomic E-state index is 13.6. The van der Waals surface area contributed by atoms with E-state index in [0.29, 0.717) is 23.9 Å². The quantitative estimate of drug-likeness (QED) is 0.612. The van der Waals surface area contributed by atoms with Crippen molar-refractivity contribution < 1.29 is 9.18 Å². The van der Waals surface area contributed by atoms with Crippen molar-refractivity contribution in [2.24, 2.45) is 11.8 Å². The predicted octanol–water partition coefficient (Wildman–Crippen LogP) is 1.52. The molecule has 4 aliphatic rings. The lowest BCUT2D eigenvalue weighted by Gasteiger charge is -2.30. The maximum Gasteiger partial charge on any atom is 0.151 e. The highest BCUT2D eigenvalue weighted by Gasteiger charge is 2.42. The second kappa shape index (κ2) is 5.96. The zero-order chi connectivity index (χ0) is 16.0. The molecule has 3 aliphatic heterocycles. The Morgan fingerprint density at radius 3 is 3.04 bits per heavy atom. The molecule has 4 nitrogen and oxygen atoms in total. The number of nitrogens with zero attached hydrogens (tertiary/aromatic N) is 1. The molecule has 4 rings (SSSR count). The number of halogens is 1. The number of hydrogen-bond acceptors (Lipinski definition) is 4. The van der Waals surface area contributed by atoms with E-state index in [0.717, 1.165) is 44.3 Å². The van der Waals surface area contributed by atoms with Crippen LogP contribution in [-0.2, 0) is 4.79 Å². The highest BCUT2D eigenvalue weighted by atomic mass is 19.1. The van der Waals surface area contributed by atoms with Gasteiger partial charge in [0.1, 0.15) is 12.0 Å². The Labute approximate surface area is 136 Å². The molecule has 23 heavy (non-hydrogen) atoms. The summed E-state index contributed by atoms with van der Waals surface area (Å²) >= 11 is 0. The molecule has 0 spiro atoms. The SMILES string of the molecule is CC1=C(F)C=CC(C2NCCC2C2=CC3CN[C@H](C=O)N3C2)C1. The van der Waals surface area contributed by atoms with E-state index in [2.05, 4.69) is 21.6 Å². The van der Waals surface area contributed by atoms with Gasteiger partial charge < -0.3 is 10.1 Å². The highest BCUT2D eigenvalue weighted by Crippen LogP contribution is 2.38. The van der Waals surface area contributed by atoms with Crippen molar-refractivity contribution in [2.45, 2.75) is 38.0 Å². The smallest absolute Gasteiger partial charge is 0.151 e. The Kier molecular flexibility index (Phi) is 3.95. The summed E-state index contributed by atoms with van der Waals surface area (Å²) in [6.45, 7) is 4.64. The molecule has 2 fully saturated rings. The largest absolute Gasteiger partial charge is 0.313 e. The minimum absolute atomic E-state index is 0.0728. The first kappa shape index (κ1) is 15.2. The van der Waals surface area contributed by atoms with Crippen LogP contribution in [0.3, 0.4) is 0 Å². The maximum atomic E-state index is 13.6. The van der Waals surface area contributed by atoms with Crippen LogP contribution in [0.1, 0.15) is 19.8 Å². The van der Waals surface area contributed by atoms with Crippen LogP contribution in [0.4, 0.5) is 4.39 Å². The summed E-state index contributed by atoms with van der Waals surface area (Å²) in [4.78, 5) is 13.4. The van der Waals surface area contributed by atoms with E-state index in [9.17, 15) is 9.18 Å². The van der Waals surface area contributed by atoms with E-state index in [4.69, 9.17) is 0 Å². The van der Waals surface area contributed by atoms with E-state index in [-0.39, 0.29) is 12.0 Å². The van der Waals surface area contributed by atoms with Gasteiger partial charge in [0.2, 0.25) is 0 Å². The van der Waals surface area contributed by atoms with Crippen molar-refractivity contribution in [3.63, 3.8) is 0 Å². The zero-order valence-corrected chi connectivity index (χ0v) is 13.5. The molecule has 5 atom stereocenters. The predicted molar refractivity (Wildman–Crippen MR) is 87.4 cm³/mol. The number of hydrogen-bond donors (Lipinski definition) is 2. The van der Waals surface area contributed by atoms with Crippen molar-refractivity contribution >= 4 is 6.29 Å². The average molecular weight is 317 g/mol. The van der Waals surface area contributed by atoms with Gasteiger partial charge in [-0.05, 0) is 49.8 Å². The van der Waals surface area contributed by atoms with Gasteiger partial charge in [-0.25, -0.2) is 4.39 Å². The van der Waals surface area contributed by atoms with Gasteiger partial charge in [0.25, 0.3) is 0 Å². The van der Waals surface area contributed by atoms with Crippen LogP contribution in [0.15, 0.2) is 35.2 Å². The van der Waals surface area contributed by atoms with Crippen molar-refractivity contribution in [1.29, 1.82) is 0 Å². The third kappa shape index (κ3) is 2.61. The molecule has 1 aliphatic carbocycles. The second-order valence-corrected chi connectivity index (χ2v) is 7.20. The molecule has 0 amide bonds. The number of rotatable bonds is 3. The van der Waals surface area contributed by atoms with Crippen LogP contribution in [0.5, 0.6) is 0 Å². The lowest BCUT2D eigenvalue weighted by Crippen LogP contribution is -2.40. The third-order valence-corrected chi connectivity index (χ3v) is 5.87. The fourth-order valence-corrected chi connectivity index (χ4v) is 4.64. The molecule has 5 heteroatoms. The summed E-state index contributed by atoms with van der Waals surface area (Å²) in [6.07, 6.45) is 8.81. The van der Waals surface area contributed by atoms with Crippen LogP contribution < -0.4 is 10.6 Å². The Morgan fingerprint density at radius 2 is 2.26 bits per heavy atom. The van der Waals surface area contributed by atoms with Gasteiger partial charge in [-0.1, -0.05) is 17.7 Å². The van der Waals surface area contributed by atoms with Gasteiger partial charge in [-0.2, -0.15) is 0 Å². The van der Waals surface area contributed by atoms with Gasteiger partial charge in [0.05, 0.1) is 0 Å². The Morgan fingerprint density at radius 1 is 1.39 bits per heavy atom. The molecule has 2 saturated heterocycles. The first-order valence-corrected chi connectivity index (χ1v) is 8.59. The first-order valence-electron chi connectivity index (χ1n) is 8.59. The number of carbonyl (C=O) groups excluding carboxylic acids is 1. The van der Waals surface area contributed by atoms with Crippen LogP contribution in [0, 0.1) is 11.8 Å². The Balaban J connectivity index is 1.49. The number of aldehydes is 1. The molecule has 124 valence electrons. The van der Waals surface area contributed by atoms with Crippen molar-refractivity contribution in [3.05, 3.63) is 35.2 Å². The third-order valence-electron chi connectivity index (χ3n) is 5.87. The van der Waals surface area contributed by atoms with E-state index in [1.54, 1.807) is 6.08 Å². The van der Waals surface area contributed by atoms with Gasteiger partial charge in [0.15, 0.2) is 6.29 Å². The van der Waals surface area contributed by atoms with Gasteiger partial charge in [0, 0.05) is 25.2 Å². The molecule has 0 aromatic heterocycles. The minimum atomic E-state index is -0.143. The van der Waals surface area contributed by atoms with E-state index in [1.807, 2.05) is 13.0 Å². The molecule has 0 aromatic rings. The molecule has 2 N–H and O–H groups in total. The van der Waals surface area contributed by atoms with Crippen LogP contribution >= 0.6 is 0 Å². The summed E-state index contributed by atoms with van der Waals surface area (Å²) in [5, 5.41) is 6.88. The number of allylic oxidation sites excluding steroid dienone is 3. The average Bonchev–Trinajstić information content (AvgIpc) is 3.23. The van der Waals surface area contributed by atoms with Crippen molar-refractivity contribution in [2.75, 3.05) is 19.6 Å². The normalized spacial score (nSPS) is 40.6. The zero-order valence-electron chi connectivity index (χ0n) is 13.5. The Hall–Kier alpha value is -1.30. The monoisotopic (exact) mass is 317 g/mol. The lowest BCUT2D eigenvalue weighted by atomic mass is 9.79. The number of carbonyl (C=O) groups is 1. The number of nitrogens with one attached hydrogen (secondary N) is 2. The van der Waals surface area contributed by atoms with E-state index in [1.165, 1.54) is 5.57 Å². The number of fused-ring (bicyclic) bond motifs is 1. The van der Waals surface area contributed by atoms with Gasteiger partial charge >= 0.3 is 0 Å².